The van der Waals surface area contributed by atoms with Gasteiger partial charge in [0.25, 0.3) is 0 Å². The summed E-state index contributed by atoms with van der Waals surface area (Å²) in [4.78, 5) is 2.38. The number of aliphatic hydroxyl groups is 1. The van der Waals surface area contributed by atoms with Crippen LogP contribution in [0.5, 0.6) is 11.5 Å². The van der Waals surface area contributed by atoms with Crippen LogP contribution in [0.2, 0.25) is 5.02 Å². The largest absolute Gasteiger partial charge is 0.489 e. The van der Waals surface area contributed by atoms with Gasteiger partial charge in [-0.3, -0.25) is 4.90 Å². The number of hydrogen-bond donors (Lipinski definition) is 1. The van der Waals surface area contributed by atoms with E-state index in [1.807, 2.05) is 12.1 Å². The van der Waals surface area contributed by atoms with Gasteiger partial charge >= 0.3 is 0 Å². The highest BCUT2D eigenvalue weighted by Gasteiger charge is 2.22. The Bertz CT molecular complexity index is 517. The molecule has 1 aromatic carbocycles. The maximum absolute atomic E-state index is 9.42. The second-order valence-electron chi connectivity index (χ2n) is 6.44. The van der Waals surface area contributed by atoms with Crippen molar-refractivity contribution in [3.63, 3.8) is 0 Å². The molecule has 128 valence electrons. The molecule has 23 heavy (non-hydrogen) atoms. The molecular weight excluding hydrogens is 314 g/mol. The minimum atomic E-state index is 0.189. The van der Waals surface area contributed by atoms with E-state index in [9.17, 15) is 5.11 Å². The zero-order valence-electron chi connectivity index (χ0n) is 13.6. The zero-order valence-corrected chi connectivity index (χ0v) is 14.4. The number of aliphatic hydroxyl groups excluding tert-OH is 1. The van der Waals surface area contributed by atoms with Gasteiger partial charge in [0.2, 0.25) is 0 Å². The molecule has 3 rings (SSSR count). The van der Waals surface area contributed by atoms with Crippen LogP contribution in [-0.2, 0) is 6.54 Å². The molecule has 0 spiro atoms. The number of benzene rings is 1. The molecule has 0 aromatic heterocycles. The van der Waals surface area contributed by atoms with Crippen LogP contribution in [-0.4, -0.2) is 42.4 Å². The molecule has 0 unspecified atom stereocenters. The Hall–Kier alpha value is -0.970. The van der Waals surface area contributed by atoms with Gasteiger partial charge in [-0.2, -0.15) is 0 Å². The number of fused-ring (bicyclic) bond motifs is 1. The third-order valence-corrected chi connectivity index (χ3v) is 5.01. The Morgan fingerprint density at radius 3 is 2.65 bits per heavy atom. The summed E-state index contributed by atoms with van der Waals surface area (Å²) in [5.41, 5.74) is 1.12. The number of hydrogen-bond acceptors (Lipinski definition) is 4. The predicted molar refractivity (Wildman–Crippen MR) is 91.4 cm³/mol. The summed E-state index contributed by atoms with van der Waals surface area (Å²) in [6.07, 6.45) is 7.22. The Labute approximate surface area is 143 Å². The minimum Gasteiger partial charge on any atom is -0.489 e. The van der Waals surface area contributed by atoms with E-state index in [0.717, 1.165) is 24.3 Å². The van der Waals surface area contributed by atoms with E-state index in [1.165, 1.54) is 32.1 Å². The van der Waals surface area contributed by atoms with E-state index in [-0.39, 0.29) is 6.61 Å². The van der Waals surface area contributed by atoms with Crippen molar-refractivity contribution in [2.75, 3.05) is 26.4 Å². The van der Waals surface area contributed by atoms with Crippen LogP contribution < -0.4 is 9.47 Å². The zero-order chi connectivity index (χ0) is 16.1. The number of halogens is 1. The van der Waals surface area contributed by atoms with Gasteiger partial charge in [-0.05, 0) is 30.5 Å². The summed E-state index contributed by atoms with van der Waals surface area (Å²) < 4.78 is 11.5. The molecule has 1 aliphatic carbocycles. The second kappa shape index (κ2) is 8.22. The van der Waals surface area contributed by atoms with Crippen LogP contribution >= 0.6 is 11.6 Å². The van der Waals surface area contributed by atoms with Crippen molar-refractivity contribution < 1.29 is 14.6 Å². The Morgan fingerprint density at radius 2 is 1.87 bits per heavy atom. The first-order valence-electron chi connectivity index (χ1n) is 8.71. The van der Waals surface area contributed by atoms with Gasteiger partial charge < -0.3 is 14.6 Å². The molecule has 1 aromatic rings. The number of rotatable bonds is 5. The summed E-state index contributed by atoms with van der Waals surface area (Å²) in [5, 5.41) is 10.0. The molecule has 1 aliphatic heterocycles. The molecule has 2 aliphatic rings. The van der Waals surface area contributed by atoms with E-state index in [0.29, 0.717) is 36.6 Å². The molecule has 1 fully saturated rings. The first-order valence-corrected chi connectivity index (χ1v) is 9.08. The monoisotopic (exact) mass is 339 g/mol. The molecule has 5 heteroatoms. The normalized spacial score (nSPS) is 18.9. The third-order valence-electron chi connectivity index (χ3n) is 4.73. The predicted octanol–water partition coefficient (Wildman–Crippen LogP) is 3.63. The van der Waals surface area contributed by atoms with Crippen molar-refractivity contribution >= 4 is 11.6 Å². The van der Waals surface area contributed by atoms with Gasteiger partial charge in [0.15, 0.2) is 11.5 Å². The van der Waals surface area contributed by atoms with Gasteiger partial charge in [0, 0.05) is 25.6 Å². The van der Waals surface area contributed by atoms with Crippen molar-refractivity contribution in [1.29, 1.82) is 0 Å². The summed E-state index contributed by atoms with van der Waals surface area (Å²) in [7, 11) is 0. The molecule has 1 saturated carbocycles. The highest BCUT2D eigenvalue weighted by Crippen LogP contribution is 2.38. The van der Waals surface area contributed by atoms with Crippen molar-refractivity contribution in [3.8, 4) is 11.5 Å². The van der Waals surface area contributed by atoms with Gasteiger partial charge in [0.05, 0.1) is 24.8 Å². The van der Waals surface area contributed by atoms with Crippen molar-refractivity contribution in [3.05, 3.63) is 22.7 Å². The van der Waals surface area contributed by atoms with E-state index < -0.39 is 0 Å². The molecule has 0 amide bonds. The third kappa shape index (κ3) is 4.31. The van der Waals surface area contributed by atoms with Gasteiger partial charge in [-0.25, -0.2) is 0 Å². The lowest BCUT2D eigenvalue weighted by molar-refractivity contribution is 0.117. The average Bonchev–Trinajstić information content (AvgIpc) is 2.81. The topological polar surface area (TPSA) is 41.9 Å². The first kappa shape index (κ1) is 16.9. The highest BCUT2D eigenvalue weighted by atomic mass is 35.5. The fraction of sp³-hybridized carbons (Fsp3) is 0.667. The maximum atomic E-state index is 9.42. The lowest BCUT2D eigenvalue weighted by Gasteiger charge is -2.34. The van der Waals surface area contributed by atoms with E-state index in [4.69, 9.17) is 21.1 Å². The van der Waals surface area contributed by atoms with Crippen molar-refractivity contribution in [1.82, 2.24) is 4.90 Å². The second-order valence-corrected chi connectivity index (χ2v) is 6.85. The van der Waals surface area contributed by atoms with Crippen LogP contribution in [0.15, 0.2) is 12.1 Å². The van der Waals surface area contributed by atoms with Crippen molar-refractivity contribution in [2.24, 2.45) is 0 Å². The summed E-state index contributed by atoms with van der Waals surface area (Å²) in [6.45, 7) is 2.99. The number of ether oxygens (including phenoxy) is 2. The Kier molecular flexibility index (Phi) is 6.03. The fourth-order valence-corrected chi connectivity index (χ4v) is 3.86. The summed E-state index contributed by atoms with van der Waals surface area (Å²) in [6, 6.07) is 4.58. The highest BCUT2D eigenvalue weighted by molar-refractivity contribution is 6.32. The average molecular weight is 340 g/mol. The van der Waals surface area contributed by atoms with E-state index in [1.54, 1.807) is 0 Å². The molecule has 1 heterocycles. The van der Waals surface area contributed by atoms with Gasteiger partial charge in [0.1, 0.15) is 0 Å². The molecule has 0 radical (unpaired) electrons. The SMILES string of the molecule is OCCN(Cc1cc(Cl)c2c(c1)OCCCO2)C1CCCCC1. The summed E-state index contributed by atoms with van der Waals surface area (Å²) >= 11 is 6.39. The van der Waals surface area contributed by atoms with Gasteiger partial charge in [-0.1, -0.05) is 30.9 Å². The fourth-order valence-electron chi connectivity index (χ4n) is 3.58. The standard InChI is InChI=1S/C18H26ClNO3/c19-16-11-14(12-17-18(16)23-10-4-9-22-17)13-20(7-8-21)15-5-2-1-3-6-15/h11-12,15,21H,1-10,13H2. The lowest BCUT2D eigenvalue weighted by Crippen LogP contribution is -2.38. The van der Waals surface area contributed by atoms with Crippen LogP contribution in [0, 0.1) is 0 Å². The Morgan fingerprint density at radius 1 is 1.09 bits per heavy atom. The van der Waals surface area contributed by atoms with Crippen LogP contribution in [0.1, 0.15) is 44.1 Å². The van der Waals surface area contributed by atoms with E-state index >= 15 is 0 Å². The molecule has 0 bridgehead atoms. The van der Waals surface area contributed by atoms with Crippen LogP contribution in [0.25, 0.3) is 0 Å². The number of nitrogens with zero attached hydrogens (tertiary/aromatic N) is 1. The van der Waals surface area contributed by atoms with Crippen LogP contribution in [0.4, 0.5) is 0 Å². The molecular formula is C18H26ClNO3. The smallest absolute Gasteiger partial charge is 0.179 e. The Balaban J connectivity index is 1.76. The van der Waals surface area contributed by atoms with E-state index in [2.05, 4.69) is 4.90 Å². The maximum Gasteiger partial charge on any atom is 0.179 e. The lowest BCUT2D eigenvalue weighted by atomic mass is 9.94. The van der Waals surface area contributed by atoms with Crippen LogP contribution in [0.3, 0.4) is 0 Å². The molecule has 4 nitrogen and oxygen atoms in total. The van der Waals surface area contributed by atoms with Gasteiger partial charge in [-0.15, -0.1) is 0 Å². The molecule has 0 saturated heterocycles. The van der Waals surface area contributed by atoms with Crippen molar-refractivity contribution in [2.45, 2.75) is 51.1 Å². The molecule has 0 atom stereocenters. The first-order chi connectivity index (χ1) is 11.3. The minimum absolute atomic E-state index is 0.189. The quantitative estimate of drug-likeness (QED) is 0.889. The molecule has 1 N–H and O–H groups in total. The summed E-state index contributed by atoms with van der Waals surface area (Å²) in [5.74, 6) is 1.41.